The molecule has 138 valence electrons. The van der Waals surface area contributed by atoms with Crippen molar-refractivity contribution in [1.29, 1.82) is 0 Å². The third kappa shape index (κ3) is 4.70. The van der Waals surface area contributed by atoms with Gasteiger partial charge in [0.15, 0.2) is 0 Å². The highest BCUT2D eigenvalue weighted by molar-refractivity contribution is 5.75. The molecule has 3 unspecified atom stereocenters. The molecule has 0 spiro atoms. The van der Waals surface area contributed by atoms with Crippen LogP contribution in [0.4, 0.5) is 4.39 Å². The lowest BCUT2D eigenvalue weighted by Gasteiger charge is -2.38. The molecule has 0 aliphatic heterocycles. The van der Waals surface area contributed by atoms with E-state index in [1.54, 1.807) is 7.05 Å². The van der Waals surface area contributed by atoms with Crippen molar-refractivity contribution in [2.75, 3.05) is 7.05 Å². The van der Waals surface area contributed by atoms with Crippen LogP contribution in [-0.4, -0.2) is 19.1 Å². The topological polar surface area (TPSA) is 38.3 Å². The summed E-state index contributed by atoms with van der Waals surface area (Å²) in [5, 5.41) is 2.73. The molecule has 1 amide bonds. The Balaban J connectivity index is 1.80. The van der Waals surface area contributed by atoms with Gasteiger partial charge >= 0.3 is 0 Å². The number of benzene rings is 2. The first-order valence-corrected chi connectivity index (χ1v) is 9.29. The van der Waals surface area contributed by atoms with Gasteiger partial charge in [0.05, 0.1) is 12.7 Å². The first-order chi connectivity index (χ1) is 12.7. The molecule has 2 aromatic carbocycles. The molecule has 26 heavy (non-hydrogen) atoms. The molecule has 1 saturated carbocycles. The SMILES string of the molecule is CNC(=O)CC1CCCC(OCc2ccccc2)C1c1ccc(F)cc1. The molecule has 1 N–H and O–H groups in total. The highest BCUT2D eigenvalue weighted by Gasteiger charge is 2.36. The summed E-state index contributed by atoms with van der Waals surface area (Å²) in [6.07, 6.45) is 3.49. The fourth-order valence-electron chi connectivity index (χ4n) is 3.95. The Labute approximate surface area is 154 Å². The fraction of sp³-hybridized carbons (Fsp3) is 0.409. The van der Waals surface area contributed by atoms with Gasteiger partial charge in [-0.3, -0.25) is 4.79 Å². The molecule has 3 atom stereocenters. The second kappa shape index (κ2) is 8.95. The van der Waals surface area contributed by atoms with Crippen molar-refractivity contribution in [3.63, 3.8) is 0 Å². The number of rotatable bonds is 6. The fourth-order valence-corrected chi connectivity index (χ4v) is 3.95. The smallest absolute Gasteiger partial charge is 0.220 e. The van der Waals surface area contributed by atoms with Gasteiger partial charge < -0.3 is 10.1 Å². The van der Waals surface area contributed by atoms with Gasteiger partial charge in [0, 0.05) is 19.4 Å². The van der Waals surface area contributed by atoms with E-state index in [1.807, 2.05) is 30.3 Å². The van der Waals surface area contributed by atoms with Crippen molar-refractivity contribution < 1.29 is 13.9 Å². The Kier molecular flexibility index (Phi) is 6.40. The minimum Gasteiger partial charge on any atom is -0.373 e. The Hall–Kier alpha value is -2.20. The summed E-state index contributed by atoms with van der Waals surface area (Å²) in [5.74, 6) is 0.111. The number of nitrogens with one attached hydrogen (secondary N) is 1. The van der Waals surface area contributed by atoms with Crippen molar-refractivity contribution in [1.82, 2.24) is 5.32 Å². The van der Waals surface area contributed by atoms with Gasteiger partial charge in [0.1, 0.15) is 5.82 Å². The first kappa shape index (κ1) is 18.6. The van der Waals surface area contributed by atoms with Crippen LogP contribution < -0.4 is 5.32 Å². The summed E-state index contributed by atoms with van der Waals surface area (Å²) in [6.45, 7) is 0.551. The molecule has 1 aliphatic carbocycles. The maximum atomic E-state index is 13.4. The van der Waals surface area contributed by atoms with Gasteiger partial charge in [0.2, 0.25) is 5.91 Å². The van der Waals surface area contributed by atoms with E-state index in [2.05, 4.69) is 17.4 Å². The lowest BCUT2D eigenvalue weighted by molar-refractivity contribution is -0.122. The van der Waals surface area contributed by atoms with Gasteiger partial charge in [0.25, 0.3) is 0 Å². The van der Waals surface area contributed by atoms with Crippen molar-refractivity contribution in [2.24, 2.45) is 5.92 Å². The lowest BCUT2D eigenvalue weighted by Crippen LogP contribution is -2.35. The van der Waals surface area contributed by atoms with E-state index in [0.29, 0.717) is 13.0 Å². The molecule has 3 rings (SSSR count). The Morgan fingerprint density at radius 1 is 1.12 bits per heavy atom. The molecule has 0 heterocycles. The van der Waals surface area contributed by atoms with Crippen molar-refractivity contribution >= 4 is 5.91 Å². The zero-order valence-corrected chi connectivity index (χ0v) is 15.2. The van der Waals surface area contributed by atoms with E-state index in [4.69, 9.17) is 4.74 Å². The van der Waals surface area contributed by atoms with Crippen LogP contribution in [0.2, 0.25) is 0 Å². The quantitative estimate of drug-likeness (QED) is 0.832. The Morgan fingerprint density at radius 3 is 2.54 bits per heavy atom. The molecular formula is C22H26FNO2. The molecule has 3 nitrogen and oxygen atoms in total. The van der Waals surface area contributed by atoms with Crippen LogP contribution >= 0.6 is 0 Å². The van der Waals surface area contributed by atoms with Crippen molar-refractivity contribution in [3.8, 4) is 0 Å². The summed E-state index contributed by atoms with van der Waals surface area (Å²) < 4.78 is 19.7. The second-order valence-electron chi connectivity index (χ2n) is 6.98. The van der Waals surface area contributed by atoms with Gasteiger partial charge in [-0.1, -0.05) is 48.9 Å². The average Bonchev–Trinajstić information content (AvgIpc) is 2.68. The minimum atomic E-state index is -0.242. The maximum absolute atomic E-state index is 13.4. The molecular weight excluding hydrogens is 329 g/mol. The summed E-state index contributed by atoms with van der Waals surface area (Å²) in [7, 11) is 1.67. The largest absolute Gasteiger partial charge is 0.373 e. The van der Waals surface area contributed by atoms with Crippen molar-refractivity contribution in [2.45, 2.75) is 44.3 Å². The number of ether oxygens (including phenoxy) is 1. The number of halogens is 1. The standard InChI is InChI=1S/C22H26FNO2/c1-24-21(25)14-18-8-5-9-20(26-15-16-6-3-2-4-7-16)22(18)17-10-12-19(23)13-11-17/h2-4,6-7,10-13,18,20,22H,5,8-9,14-15H2,1H3,(H,24,25). The van der Waals surface area contributed by atoms with E-state index < -0.39 is 0 Å². The number of hydrogen-bond donors (Lipinski definition) is 1. The molecule has 4 heteroatoms. The molecule has 0 saturated heterocycles. The summed E-state index contributed by atoms with van der Waals surface area (Å²) in [4.78, 5) is 12.0. The third-order valence-corrected chi connectivity index (χ3v) is 5.26. The van der Waals surface area contributed by atoms with E-state index in [1.165, 1.54) is 12.1 Å². The van der Waals surface area contributed by atoms with Crippen LogP contribution in [-0.2, 0) is 16.1 Å². The minimum absolute atomic E-state index is 0.0315. The average molecular weight is 355 g/mol. The predicted octanol–water partition coefficient (Wildman–Crippen LogP) is 4.43. The monoisotopic (exact) mass is 355 g/mol. The van der Waals surface area contributed by atoms with Crippen molar-refractivity contribution in [3.05, 3.63) is 71.5 Å². The van der Waals surface area contributed by atoms with E-state index in [-0.39, 0.29) is 29.7 Å². The normalized spacial score (nSPS) is 22.8. The highest BCUT2D eigenvalue weighted by Crippen LogP contribution is 2.41. The van der Waals surface area contributed by atoms with Gasteiger partial charge in [-0.05, 0) is 42.0 Å². The molecule has 2 aromatic rings. The second-order valence-corrected chi connectivity index (χ2v) is 6.98. The zero-order chi connectivity index (χ0) is 18.4. The number of hydrogen-bond acceptors (Lipinski definition) is 2. The lowest BCUT2D eigenvalue weighted by atomic mass is 9.72. The van der Waals surface area contributed by atoms with Crippen LogP contribution in [0.3, 0.4) is 0 Å². The molecule has 0 radical (unpaired) electrons. The maximum Gasteiger partial charge on any atom is 0.220 e. The highest BCUT2D eigenvalue weighted by atomic mass is 19.1. The first-order valence-electron chi connectivity index (χ1n) is 9.29. The Morgan fingerprint density at radius 2 is 1.85 bits per heavy atom. The summed E-state index contributed by atoms with van der Waals surface area (Å²) >= 11 is 0. The summed E-state index contributed by atoms with van der Waals surface area (Å²) in [6, 6.07) is 16.8. The van der Waals surface area contributed by atoms with Gasteiger partial charge in [-0.25, -0.2) is 4.39 Å². The van der Waals surface area contributed by atoms with Crippen LogP contribution in [0.1, 0.15) is 42.7 Å². The molecule has 0 bridgehead atoms. The van der Waals surface area contributed by atoms with Crippen LogP contribution in [0, 0.1) is 11.7 Å². The third-order valence-electron chi connectivity index (χ3n) is 5.26. The molecule has 1 fully saturated rings. The van der Waals surface area contributed by atoms with E-state index in [0.717, 1.165) is 30.4 Å². The predicted molar refractivity (Wildman–Crippen MR) is 100 cm³/mol. The Bertz CT molecular complexity index is 702. The van der Waals surface area contributed by atoms with E-state index in [9.17, 15) is 9.18 Å². The van der Waals surface area contributed by atoms with Gasteiger partial charge in [-0.15, -0.1) is 0 Å². The number of carbonyl (C=O) groups excluding carboxylic acids is 1. The van der Waals surface area contributed by atoms with Crippen LogP contribution in [0.25, 0.3) is 0 Å². The summed E-state index contributed by atoms with van der Waals surface area (Å²) in [5.41, 5.74) is 2.19. The molecule has 1 aliphatic rings. The number of amides is 1. The molecule has 0 aromatic heterocycles. The van der Waals surface area contributed by atoms with E-state index >= 15 is 0 Å². The zero-order valence-electron chi connectivity index (χ0n) is 15.2. The van der Waals surface area contributed by atoms with Crippen LogP contribution in [0.5, 0.6) is 0 Å². The van der Waals surface area contributed by atoms with Crippen LogP contribution in [0.15, 0.2) is 54.6 Å². The van der Waals surface area contributed by atoms with Gasteiger partial charge in [-0.2, -0.15) is 0 Å². The number of carbonyl (C=O) groups is 1.